The van der Waals surface area contributed by atoms with Gasteiger partial charge in [0.2, 0.25) is 0 Å². The molecule has 1 rings (SSSR count). The molecule has 0 aliphatic carbocycles. The van der Waals surface area contributed by atoms with Crippen molar-refractivity contribution in [3.63, 3.8) is 0 Å². The van der Waals surface area contributed by atoms with Crippen molar-refractivity contribution < 1.29 is 9.13 Å². The first-order valence-electron chi connectivity index (χ1n) is 4.91. The van der Waals surface area contributed by atoms with Crippen LogP contribution in [0, 0.1) is 5.82 Å². The fourth-order valence-electron chi connectivity index (χ4n) is 1.45. The number of rotatable bonds is 5. The van der Waals surface area contributed by atoms with E-state index in [1.54, 1.807) is 19.2 Å². The highest BCUT2D eigenvalue weighted by Crippen LogP contribution is 2.28. The van der Waals surface area contributed by atoms with E-state index in [0.29, 0.717) is 28.8 Å². The molecular weight excluding hydrogens is 261 g/mol. The molecule has 0 heterocycles. The molecule has 0 spiro atoms. The Morgan fingerprint density at radius 1 is 1.40 bits per heavy atom. The standard InChI is InChI=1S/C11H15BrFNO/c1-15-10-6-5-9(12)11(13)8(10)4-2-3-7-14/h5-6H,2-4,7,14H2,1H3. The van der Waals surface area contributed by atoms with Crippen LogP contribution in [0.1, 0.15) is 18.4 Å². The van der Waals surface area contributed by atoms with Gasteiger partial charge in [-0.25, -0.2) is 4.39 Å². The monoisotopic (exact) mass is 275 g/mol. The van der Waals surface area contributed by atoms with E-state index in [2.05, 4.69) is 15.9 Å². The summed E-state index contributed by atoms with van der Waals surface area (Å²) in [6.45, 7) is 0.637. The molecule has 0 fully saturated rings. The zero-order valence-corrected chi connectivity index (χ0v) is 10.3. The Kier molecular flexibility index (Phi) is 5.05. The third-order valence-corrected chi connectivity index (χ3v) is 2.87. The van der Waals surface area contributed by atoms with Gasteiger partial charge in [0.05, 0.1) is 11.6 Å². The van der Waals surface area contributed by atoms with Gasteiger partial charge < -0.3 is 10.5 Å². The smallest absolute Gasteiger partial charge is 0.144 e. The Morgan fingerprint density at radius 3 is 2.73 bits per heavy atom. The van der Waals surface area contributed by atoms with E-state index in [0.717, 1.165) is 12.8 Å². The molecule has 0 atom stereocenters. The topological polar surface area (TPSA) is 35.2 Å². The molecule has 0 saturated heterocycles. The van der Waals surface area contributed by atoms with Crippen LogP contribution in [0.5, 0.6) is 5.75 Å². The maximum atomic E-state index is 13.7. The lowest BCUT2D eigenvalue weighted by Crippen LogP contribution is -2.01. The van der Waals surface area contributed by atoms with Crippen LogP contribution in [0.15, 0.2) is 16.6 Å². The first-order chi connectivity index (χ1) is 7.20. The molecule has 15 heavy (non-hydrogen) atoms. The van der Waals surface area contributed by atoms with Gasteiger partial charge in [0.1, 0.15) is 11.6 Å². The minimum atomic E-state index is -0.230. The molecule has 1 aromatic carbocycles. The second-order valence-corrected chi connectivity index (χ2v) is 4.14. The molecule has 84 valence electrons. The SMILES string of the molecule is COc1ccc(Br)c(F)c1CCCCN. The summed E-state index contributed by atoms with van der Waals surface area (Å²) in [4.78, 5) is 0. The lowest BCUT2D eigenvalue weighted by atomic mass is 10.1. The number of benzene rings is 1. The molecule has 0 saturated carbocycles. The van der Waals surface area contributed by atoms with E-state index in [-0.39, 0.29) is 5.82 Å². The van der Waals surface area contributed by atoms with Gasteiger partial charge in [0.15, 0.2) is 0 Å². The number of hydrogen-bond donors (Lipinski definition) is 1. The van der Waals surface area contributed by atoms with E-state index in [1.165, 1.54) is 0 Å². The summed E-state index contributed by atoms with van der Waals surface area (Å²) in [6, 6.07) is 3.42. The summed E-state index contributed by atoms with van der Waals surface area (Å²) in [5.74, 6) is 0.374. The minimum absolute atomic E-state index is 0.230. The van der Waals surface area contributed by atoms with Gasteiger partial charge in [-0.2, -0.15) is 0 Å². The number of unbranched alkanes of at least 4 members (excludes halogenated alkanes) is 1. The van der Waals surface area contributed by atoms with Gasteiger partial charge in [0.25, 0.3) is 0 Å². The number of nitrogens with two attached hydrogens (primary N) is 1. The van der Waals surface area contributed by atoms with Crippen molar-refractivity contribution in [3.8, 4) is 5.75 Å². The molecule has 0 aliphatic heterocycles. The van der Waals surface area contributed by atoms with Crippen LogP contribution in [-0.2, 0) is 6.42 Å². The predicted octanol–water partition coefficient (Wildman–Crippen LogP) is 2.88. The quantitative estimate of drug-likeness (QED) is 0.839. The second kappa shape index (κ2) is 6.08. The van der Waals surface area contributed by atoms with Crippen molar-refractivity contribution in [1.82, 2.24) is 0 Å². The van der Waals surface area contributed by atoms with Crippen LogP contribution in [-0.4, -0.2) is 13.7 Å². The molecule has 0 unspecified atom stereocenters. The van der Waals surface area contributed by atoms with Crippen LogP contribution >= 0.6 is 15.9 Å². The molecule has 2 nitrogen and oxygen atoms in total. The van der Waals surface area contributed by atoms with E-state index in [1.807, 2.05) is 0 Å². The Morgan fingerprint density at radius 2 is 2.13 bits per heavy atom. The van der Waals surface area contributed by atoms with E-state index < -0.39 is 0 Å². The average molecular weight is 276 g/mol. The summed E-state index contributed by atoms with van der Waals surface area (Å²) < 4.78 is 19.3. The van der Waals surface area contributed by atoms with Gasteiger partial charge >= 0.3 is 0 Å². The maximum Gasteiger partial charge on any atom is 0.144 e. The Balaban J connectivity index is 2.86. The molecule has 0 bridgehead atoms. The van der Waals surface area contributed by atoms with Gasteiger partial charge in [-0.05, 0) is 53.9 Å². The number of halogens is 2. The summed E-state index contributed by atoms with van der Waals surface area (Å²) >= 11 is 3.16. The number of methoxy groups -OCH3 is 1. The van der Waals surface area contributed by atoms with Crippen molar-refractivity contribution in [3.05, 3.63) is 28.0 Å². The zero-order chi connectivity index (χ0) is 11.3. The van der Waals surface area contributed by atoms with Gasteiger partial charge in [0, 0.05) is 5.56 Å². The molecule has 1 aromatic rings. The normalized spacial score (nSPS) is 10.4. The highest BCUT2D eigenvalue weighted by Gasteiger charge is 2.11. The minimum Gasteiger partial charge on any atom is -0.496 e. The average Bonchev–Trinajstić information content (AvgIpc) is 2.25. The molecule has 2 N–H and O–H groups in total. The maximum absolute atomic E-state index is 13.7. The molecule has 0 aliphatic rings. The van der Waals surface area contributed by atoms with E-state index in [4.69, 9.17) is 10.5 Å². The summed E-state index contributed by atoms with van der Waals surface area (Å²) in [7, 11) is 1.55. The lowest BCUT2D eigenvalue weighted by Gasteiger charge is -2.10. The van der Waals surface area contributed by atoms with E-state index in [9.17, 15) is 4.39 Å². The predicted molar refractivity (Wildman–Crippen MR) is 62.6 cm³/mol. The summed E-state index contributed by atoms with van der Waals surface area (Å²) in [5, 5.41) is 0. The van der Waals surface area contributed by atoms with Crippen molar-refractivity contribution in [2.75, 3.05) is 13.7 Å². The second-order valence-electron chi connectivity index (χ2n) is 3.29. The fourth-order valence-corrected chi connectivity index (χ4v) is 1.82. The Labute approximate surface area is 97.7 Å². The third kappa shape index (κ3) is 3.18. The van der Waals surface area contributed by atoms with Crippen molar-refractivity contribution >= 4 is 15.9 Å². The van der Waals surface area contributed by atoms with Crippen LogP contribution in [0.2, 0.25) is 0 Å². The first kappa shape index (κ1) is 12.5. The molecule has 0 radical (unpaired) electrons. The zero-order valence-electron chi connectivity index (χ0n) is 8.72. The highest BCUT2D eigenvalue weighted by molar-refractivity contribution is 9.10. The molecular formula is C11H15BrFNO. The summed E-state index contributed by atoms with van der Waals surface area (Å²) in [5.41, 5.74) is 6.02. The van der Waals surface area contributed by atoms with E-state index >= 15 is 0 Å². The van der Waals surface area contributed by atoms with Gasteiger partial charge in [-0.15, -0.1) is 0 Å². The largest absolute Gasteiger partial charge is 0.496 e. The number of hydrogen-bond acceptors (Lipinski definition) is 2. The molecule has 4 heteroatoms. The Hall–Kier alpha value is -0.610. The number of ether oxygens (including phenoxy) is 1. The molecule has 0 amide bonds. The van der Waals surface area contributed by atoms with Crippen LogP contribution in [0.3, 0.4) is 0 Å². The molecule has 0 aromatic heterocycles. The van der Waals surface area contributed by atoms with Gasteiger partial charge in [-0.1, -0.05) is 0 Å². The van der Waals surface area contributed by atoms with Crippen molar-refractivity contribution in [2.45, 2.75) is 19.3 Å². The Bertz CT molecular complexity index is 331. The fraction of sp³-hybridized carbons (Fsp3) is 0.455. The van der Waals surface area contributed by atoms with Crippen LogP contribution in [0.4, 0.5) is 4.39 Å². The van der Waals surface area contributed by atoms with Crippen LogP contribution < -0.4 is 10.5 Å². The highest BCUT2D eigenvalue weighted by atomic mass is 79.9. The summed E-state index contributed by atoms with van der Waals surface area (Å²) in [6.07, 6.45) is 2.43. The van der Waals surface area contributed by atoms with Crippen molar-refractivity contribution in [1.29, 1.82) is 0 Å². The lowest BCUT2D eigenvalue weighted by molar-refractivity contribution is 0.403. The third-order valence-electron chi connectivity index (χ3n) is 2.25. The first-order valence-corrected chi connectivity index (χ1v) is 5.71. The van der Waals surface area contributed by atoms with Crippen molar-refractivity contribution in [2.24, 2.45) is 5.73 Å². The van der Waals surface area contributed by atoms with Gasteiger partial charge in [-0.3, -0.25) is 0 Å². The van der Waals surface area contributed by atoms with Crippen LogP contribution in [0.25, 0.3) is 0 Å².